The molecular formula is C67H131NO5. The predicted molar refractivity (Wildman–Crippen MR) is 320 cm³/mol. The summed E-state index contributed by atoms with van der Waals surface area (Å²) >= 11 is 0. The minimum atomic E-state index is -0.844. The molecule has 0 heterocycles. The Bertz CT molecular complexity index is 1100. The van der Waals surface area contributed by atoms with Crippen LogP contribution in [0.25, 0.3) is 0 Å². The fourth-order valence-corrected chi connectivity index (χ4v) is 10.7. The summed E-state index contributed by atoms with van der Waals surface area (Å²) in [4.78, 5) is 24.6. The van der Waals surface area contributed by atoms with E-state index in [1.54, 1.807) is 6.08 Å². The van der Waals surface area contributed by atoms with E-state index in [1.165, 1.54) is 315 Å². The van der Waals surface area contributed by atoms with E-state index in [2.05, 4.69) is 19.2 Å². The van der Waals surface area contributed by atoms with Crippen LogP contribution in [-0.2, 0) is 14.3 Å². The average molecular weight is 1030 g/mol. The number of ether oxygens (including phenoxy) is 1. The Hall–Kier alpha value is -1.40. The first-order valence-corrected chi connectivity index (χ1v) is 33.5. The molecule has 0 saturated carbocycles. The number of esters is 1. The van der Waals surface area contributed by atoms with Crippen LogP contribution in [0.5, 0.6) is 0 Å². The van der Waals surface area contributed by atoms with Crippen LogP contribution >= 0.6 is 0 Å². The number of amides is 1. The van der Waals surface area contributed by atoms with Gasteiger partial charge >= 0.3 is 5.97 Å². The molecule has 0 aromatic rings. The van der Waals surface area contributed by atoms with Crippen molar-refractivity contribution < 1.29 is 24.5 Å². The first kappa shape index (κ1) is 71.6. The first-order chi connectivity index (χ1) is 36.0. The van der Waals surface area contributed by atoms with Gasteiger partial charge in [0.2, 0.25) is 5.91 Å². The van der Waals surface area contributed by atoms with E-state index in [1.807, 2.05) is 6.08 Å². The van der Waals surface area contributed by atoms with Gasteiger partial charge in [0, 0.05) is 12.8 Å². The smallest absolute Gasteiger partial charge is 0.305 e. The number of aliphatic hydroxyl groups excluding tert-OH is 2. The molecule has 0 aliphatic heterocycles. The number of hydrogen-bond acceptors (Lipinski definition) is 5. The van der Waals surface area contributed by atoms with Crippen molar-refractivity contribution in [3.63, 3.8) is 0 Å². The number of rotatable bonds is 63. The van der Waals surface area contributed by atoms with E-state index in [4.69, 9.17) is 4.74 Å². The highest BCUT2D eigenvalue weighted by Gasteiger charge is 2.18. The largest absolute Gasteiger partial charge is 0.466 e. The van der Waals surface area contributed by atoms with Gasteiger partial charge in [-0.25, -0.2) is 0 Å². The van der Waals surface area contributed by atoms with Gasteiger partial charge < -0.3 is 20.3 Å². The lowest BCUT2D eigenvalue weighted by Gasteiger charge is -2.20. The van der Waals surface area contributed by atoms with Crippen molar-refractivity contribution in [3.8, 4) is 0 Å². The highest BCUT2D eigenvalue weighted by atomic mass is 16.5. The van der Waals surface area contributed by atoms with Crippen molar-refractivity contribution in [2.45, 2.75) is 392 Å². The molecule has 0 bridgehead atoms. The molecule has 0 aromatic carbocycles. The molecule has 0 aliphatic carbocycles. The van der Waals surface area contributed by atoms with Crippen LogP contribution in [-0.4, -0.2) is 47.4 Å². The minimum Gasteiger partial charge on any atom is -0.466 e. The molecule has 2 atom stereocenters. The Morgan fingerprint density at radius 3 is 0.932 bits per heavy atom. The summed E-state index contributed by atoms with van der Waals surface area (Å²) in [7, 11) is 0. The van der Waals surface area contributed by atoms with E-state index in [0.29, 0.717) is 19.4 Å². The maximum atomic E-state index is 12.5. The molecule has 1 amide bonds. The van der Waals surface area contributed by atoms with E-state index in [0.717, 1.165) is 38.5 Å². The summed E-state index contributed by atoms with van der Waals surface area (Å²) < 4.78 is 5.50. The maximum absolute atomic E-state index is 12.5. The van der Waals surface area contributed by atoms with Crippen molar-refractivity contribution in [2.75, 3.05) is 13.2 Å². The SMILES string of the molecule is CCCCCCCCCCCCCCCCCCC/C=C/C(O)C(CO)NC(=O)CCCCCCCCCCCCCCCCCCCCCCCCOC(=O)CCCCCCCCCCCCCCCCC. The molecule has 73 heavy (non-hydrogen) atoms. The fraction of sp³-hybridized carbons (Fsp3) is 0.940. The van der Waals surface area contributed by atoms with Crippen LogP contribution in [0.15, 0.2) is 12.2 Å². The second-order valence-electron chi connectivity index (χ2n) is 23.2. The van der Waals surface area contributed by atoms with Crippen molar-refractivity contribution in [2.24, 2.45) is 0 Å². The molecule has 2 unspecified atom stereocenters. The Kier molecular flexibility index (Phi) is 61.9. The maximum Gasteiger partial charge on any atom is 0.305 e. The van der Waals surface area contributed by atoms with Gasteiger partial charge in [-0.1, -0.05) is 347 Å². The third-order valence-electron chi connectivity index (χ3n) is 15.8. The number of nitrogens with one attached hydrogen (secondary N) is 1. The zero-order chi connectivity index (χ0) is 52.9. The van der Waals surface area contributed by atoms with Crippen molar-refractivity contribution in [1.82, 2.24) is 5.32 Å². The predicted octanol–water partition coefficient (Wildman–Crippen LogP) is 21.2. The lowest BCUT2D eigenvalue weighted by molar-refractivity contribution is -0.143. The zero-order valence-electron chi connectivity index (χ0n) is 49.6. The zero-order valence-corrected chi connectivity index (χ0v) is 49.6. The Morgan fingerprint density at radius 1 is 0.370 bits per heavy atom. The van der Waals surface area contributed by atoms with Gasteiger partial charge in [-0.05, 0) is 32.1 Å². The third kappa shape index (κ3) is 59.7. The molecule has 0 aliphatic rings. The molecular weight excluding hydrogens is 899 g/mol. The molecule has 0 radical (unpaired) electrons. The second kappa shape index (κ2) is 63.1. The monoisotopic (exact) mass is 1030 g/mol. The Morgan fingerprint density at radius 2 is 0.630 bits per heavy atom. The number of carbonyl (C=O) groups excluding carboxylic acids is 2. The van der Waals surface area contributed by atoms with E-state index < -0.39 is 12.1 Å². The highest BCUT2D eigenvalue weighted by Crippen LogP contribution is 2.19. The minimum absolute atomic E-state index is 0.0166. The number of allylic oxidation sites excluding steroid dienone is 1. The molecule has 3 N–H and O–H groups in total. The summed E-state index contributed by atoms with van der Waals surface area (Å²) in [5.74, 6) is -0.0477. The summed E-state index contributed by atoms with van der Waals surface area (Å²) in [6, 6.07) is -0.628. The van der Waals surface area contributed by atoms with Gasteiger partial charge in [-0.15, -0.1) is 0 Å². The van der Waals surface area contributed by atoms with Gasteiger partial charge in [-0.2, -0.15) is 0 Å². The quantitative estimate of drug-likeness (QED) is 0.0320. The molecule has 6 heteroatoms. The molecule has 6 nitrogen and oxygen atoms in total. The van der Waals surface area contributed by atoms with Crippen LogP contribution in [0.3, 0.4) is 0 Å². The number of hydrogen-bond donors (Lipinski definition) is 3. The van der Waals surface area contributed by atoms with Crippen LogP contribution in [0, 0.1) is 0 Å². The second-order valence-corrected chi connectivity index (χ2v) is 23.2. The molecule has 0 saturated heterocycles. The van der Waals surface area contributed by atoms with Gasteiger partial charge in [0.25, 0.3) is 0 Å². The lowest BCUT2D eigenvalue weighted by atomic mass is 10.0. The van der Waals surface area contributed by atoms with Gasteiger partial charge in [0.15, 0.2) is 0 Å². The van der Waals surface area contributed by atoms with Crippen LogP contribution in [0.4, 0.5) is 0 Å². The fourth-order valence-electron chi connectivity index (χ4n) is 10.7. The lowest BCUT2D eigenvalue weighted by Crippen LogP contribution is -2.45. The summed E-state index contributed by atoms with van der Waals surface area (Å²) in [5.41, 5.74) is 0. The standard InChI is InChI=1S/C67H131NO5/c1-3-5-7-9-11-13-15-17-19-20-25-28-32-35-39-43-47-51-55-59-65(70)64(63-69)68-66(71)60-56-52-48-44-40-36-33-29-26-23-21-22-24-27-30-34-38-42-46-50-54-58-62-73-67(72)61-57-53-49-45-41-37-31-18-16-14-12-10-8-6-4-2/h55,59,64-65,69-70H,3-54,56-58,60-63H2,1-2H3,(H,68,71)/b59-55+. The molecule has 0 aromatic heterocycles. The van der Waals surface area contributed by atoms with Crippen LogP contribution in [0.1, 0.15) is 380 Å². The summed E-state index contributed by atoms with van der Waals surface area (Å²) in [6.45, 7) is 4.94. The third-order valence-corrected chi connectivity index (χ3v) is 15.8. The topological polar surface area (TPSA) is 95.9 Å². The molecule has 0 fully saturated rings. The van der Waals surface area contributed by atoms with Gasteiger partial charge in [-0.3, -0.25) is 9.59 Å². The Labute approximate surface area is 457 Å². The van der Waals surface area contributed by atoms with E-state index in [-0.39, 0.29) is 18.5 Å². The normalized spacial score (nSPS) is 12.5. The van der Waals surface area contributed by atoms with E-state index in [9.17, 15) is 19.8 Å². The summed E-state index contributed by atoms with van der Waals surface area (Å²) in [6.07, 6.45) is 77.0. The van der Waals surface area contributed by atoms with E-state index >= 15 is 0 Å². The number of aliphatic hydroxyl groups is 2. The average Bonchev–Trinajstić information content (AvgIpc) is 3.39. The van der Waals surface area contributed by atoms with Gasteiger partial charge in [0.05, 0.1) is 25.4 Å². The summed E-state index contributed by atoms with van der Waals surface area (Å²) in [5, 5.41) is 23.2. The van der Waals surface area contributed by atoms with Crippen LogP contribution < -0.4 is 5.32 Å². The first-order valence-electron chi connectivity index (χ1n) is 33.5. The molecule has 0 rings (SSSR count). The van der Waals surface area contributed by atoms with Crippen molar-refractivity contribution >= 4 is 11.9 Å². The molecule has 0 spiro atoms. The van der Waals surface area contributed by atoms with Crippen LogP contribution in [0.2, 0.25) is 0 Å². The number of carbonyl (C=O) groups is 2. The number of unbranched alkanes of at least 4 members (excludes halogenated alkanes) is 52. The van der Waals surface area contributed by atoms with Gasteiger partial charge in [0.1, 0.15) is 0 Å². The Balaban J connectivity index is 3.39. The van der Waals surface area contributed by atoms with Crippen molar-refractivity contribution in [1.29, 1.82) is 0 Å². The van der Waals surface area contributed by atoms with Crippen molar-refractivity contribution in [3.05, 3.63) is 12.2 Å². The molecule has 434 valence electrons. The highest BCUT2D eigenvalue weighted by molar-refractivity contribution is 5.76.